The zero-order valence-corrected chi connectivity index (χ0v) is 29.1. The van der Waals surface area contributed by atoms with Crippen molar-refractivity contribution in [1.82, 2.24) is 25.8 Å². The fourth-order valence-corrected chi connectivity index (χ4v) is 6.69. The van der Waals surface area contributed by atoms with Crippen LogP contribution in [0.3, 0.4) is 0 Å². The molecule has 266 valence electrons. The molecule has 0 aliphatic carbocycles. The molecule has 5 rings (SSSR count). The molecular formula is C40H52N6O4. The van der Waals surface area contributed by atoms with E-state index in [1.165, 1.54) is 12.5 Å². The standard InChI is InChI=1S/C40H52N6O4/c1-29(47)42-21-11-10-18-37(44-26-34(41)28-50-27-30-12-4-2-5-13-30)39(48)45-38(24-33-25-43-36-17-9-8-16-35(33)36)40(49)46-22-19-32(20-23-46)31-14-6-3-7-15-31/h2-9,12-17,25,32,34,37-38,43-44H,10-11,18-24,26-28,41H2,1H3,(H,42,47)(H,45,48)/t34-,37-,38-/m0/s1. The molecular weight excluding hydrogens is 628 g/mol. The Balaban J connectivity index is 1.25. The van der Waals surface area contributed by atoms with Crippen molar-refractivity contribution in [3.8, 4) is 0 Å². The number of nitrogens with one attached hydrogen (secondary N) is 4. The van der Waals surface area contributed by atoms with Gasteiger partial charge in [0, 0.05) is 62.7 Å². The molecule has 10 heteroatoms. The van der Waals surface area contributed by atoms with Gasteiger partial charge >= 0.3 is 0 Å². The van der Waals surface area contributed by atoms with E-state index < -0.39 is 12.1 Å². The number of ether oxygens (including phenoxy) is 1. The number of rotatable bonds is 18. The number of fused-ring (bicyclic) bond motifs is 1. The van der Waals surface area contributed by atoms with Crippen LogP contribution in [-0.2, 0) is 32.1 Å². The fraction of sp³-hybridized carbons (Fsp3) is 0.425. The minimum atomic E-state index is -0.735. The topological polar surface area (TPSA) is 142 Å². The molecule has 1 aromatic heterocycles. The van der Waals surface area contributed by atoms with Gasteiger partial charge in [0.2, 0.25) is 17.7 Å². The van der Waals surface area contributed by atoms with Crippen molar-refractivity contribution in [1.29, 1.82) is 0 Å². The molecule has 10 nitrogen and oxygen atoms in total. The minimum absolute atomic E-state index is 0.0643. The highest BCUT2D eigenvalue weighted by Gasteiger charge is 2.32. The van der Waals surface area contributed by atoms with Crippen LogP contribution in [0.25, 0.3) is 10.9 Å². The quantitative estimate of drug-likeness (QED) is 0.0987. The number of nitrogens with two attached hydrogens (primary N) is 1. The van der Waals surface area contributed by atoms with E-state index in [0.717, 1.165) is 41.3 Å². The third kappa shape index (κ3) is 11.0. The smallest absolute Gasteiger partial charge is 0.245 e. The number of piperidine rings is 1. The summed E-state index contributed by atoms with van der Waals surface area (Å²) in [7, 11) is 0. The summed E-state index contributed by atoms with van der Waals surface area (Å²) in [5.41, 5.74) is 10.8. The van der Waals surface area contributed by atoms with Crippen molar-refractivity contribution in [2.45, 2.75) is 76.1 Å². The number of aromatic nitrogens is 1. The number of amides is 3. The second-order valence-corrected chi connectivity index (χ2v) is 13.3. The van der Waals surface area contributed by atoms with Crippen LogP contribution in [0.15, 0.2) is 91.1 Å². The van der Waals surface area contributed by atoms with E-state index >= 15 is 0 Å². The zero-order valence-electron chi connectivity index (χ0n) is 29.1. The molecule has 4 aromatic rings. The van der Waals surface area contributed by atoms with Gasteiger partial charge in [0.05, 0.1) is 19.3 Å². The zero-order chi connectivity index (χ0) is 35.1. The second kappa shape index (κ2) is 19.0. The predicted molar refractivity (Wildman–Crippen MR) is 197 cm³/mol. The van der Waals surface area contributed by atoms with Crippen LogP contribution < -0.4 is 21.7 Å². The second-order valence-electron chi connectivity index (χ2n) is 13.3. The Hall–Kier alpha value is -4.51. The van der Waals surface area contributed by atoms with E-state index in [0.29, 0.717) is 64.6 Å². The van der Waals surface area contributed by atoms with Crippen LogP contribution >= 0.6 is 0 Å². The summed E-state index contributed by atoms with van der Waals surface area (Å²) in [6.07, 6.45) is 6.03. The van der Waals surface area contributed by atoms with Crippen LogP contribution in [0.4, 0.5) is 0 Å². The minimum Gasteiger partial charge on any atom is -0.375 e. The number of carbonyl (C=O) groups excluding carboxylic acids is 3. The van der Waals surface area contributed by atoms with Gasteiger partial charge in [0.15, 0.2) is 0 Å². The van der Waals surface area contributed by atoms with Crippen LogP contribution in [0.1, 0.15) is 61.6 Å². The Labute approximate surface area is 295 Å². The van der Waals surface area contributed by atoms with Gasteiger partial charge in [-0.1, -0.05) is 78.9 Å². The number of para-hydroxylation sites is 1. The molecule has 3 aromatic carbocycles. The molecule has 3 amide bonds. The number of unbranched alkanes of at least 4 members (excludes halogenated alkanes) is 1. The highest BCUT2D eigenvalue weighted by atomic mass is 16.5. The number of aromatic amines is 1. The van der Waals surface area contributed by atoms with Crippen molar-refractivity contribution in [3.63, 3.8) is 0 Å². The maximum atomic E-state index is 14.2. The number of H-pyrrole nitrogens is 1. The maximum absolute atomic E-state index is 14.2. The Bertz CT molecular complexity index is 1640. The van der Waals surface area contributed by atoms with E-state index in [1.54, 1.807) is 0 Å². The lowest BCUT2D eigenvalue weighted by Gasteiger charge is -2.35. The van der Waals surface area contributed by atoms with Gasteiger partial charge in [-0.2, -0.15) is 0 Å². The first-order valence-electron chi connectivity index (χ1n) is 17.9. The van der Waals surface area contributed by atoms with Gasteiger partial charge in [0.25, 0.3) is 0 Å². The summed E-state index contributed by atoms with van der Waals surface area (Å²) in [6.45, 7) is 4.47. The fourth-order valence-electron chi connectivity index (χ4n) is 6.69. The molecule has 1 aliphatic heterocycles. The van der Waals surface area contributed by atoms with E-state index in [2.05, 4.69) is 45.2 Å². The average Bonchev–Trinajstić information content (AvgIpc) is 3.55. The average molecular weight is 681 g/mol. The molecule has 0 saturated carbocycles. The van der Waals surface area contributed by atoms with Crippen molar-refractivity contribution in [2.75, 3.05) is 32.8 Å². The number of likely N-dealkylation sites (tertiary alicyclic amines) is 1. The summed E-state index contributed by atoms with van der Waals surface area (Å²) >= 11 is 0. The molecule has 1 aliphatic rings. The molecule has 0 radical (unpaired) electrons. The lowest BCUT2D eigenvalue weighted by Crippen LogP contribution is -2.56. The Morgan fingerprint density at radius 1 is 0.920 bits per heavy atom. The summed E-state index contributed by atoms with van der Waals surface area (Å²) in [4.78, 5) is 44.9. The largest absolute Gasteiger partial charge is 0.375 e. The molecule has 0 bridgehead atoms. The van der Waals surface area contributed by atoms with Gasteiger partial charge < -0.3 is 36.3 Å². The van der Waals surface area contributed by atoms with Crippen molar-refractivity contribution < 1.29 is 19.1 Å². The predicted octanol–water partition coefficient (Wildman–Crippen LogP) is 4.41. The SMILES string of the molecule is CC(=O)NCCCC[C@H](NC[C@H](N)COCc1ccccc1)C(=O)N[C@@H](Cc1c[nH]c2ccccc12)C(=O)N1CCC(c2ccccc2)CC1. The van der Waals surface area contributed by atoms with Gasteiger partial charge in [0.1, 0.15) is 6.04 Å². The van der Waals surface area contributed by atoms with E-state index in [9.17, 15) is 14.4 Å². The summed E-state index contributed by atoms with van der Waals surface area (Å²) in [5.74, 6) is 0.0315. The maximum Gasteiger partial charge on any atom is 0.245 e. The molecule has 1 fully saturated rings. The van der Waals surface area contributed by atoms with Crippen molar-refractivity contribution in [3.05, 3.63) is 108 Å². The molecule has 3 atom stereocenters. The summed E-state index contributed by atoms with van der Waals surface area (Å²) < 4.78 is 5.84. The van der Waals surface area contributed by atoms with Crippen LogP contribution in [-0.4, -0.2) is 78.5 Å². The summed E-state index contributed by atoms with van der Waals surface area (Å²) in [6, 6.07) is 26.8. The molecule has 0 unspecified atom stereocenters. The highest BCUT2D eigenvalue weighted by molar-refractivity contribution is 5.91. The number of hydrogen-bond acceptors (Lipinski definition) is 6. The first-order chi connectivity index (χ1) is 24.4. The van der Waals surface area contributed by atoms with Gasteiger partial charge in [-0.05, 0) is 60.8 Å². The van der Waals surface area contributed by atoms with Gasteiger partial charge in [-0.15, -0.1) is 0 Å². The van der Waals surface area contributed by atoms with Crippen LogP contribution in [0.2, 0.25) is 0 Å². The number of nitrogens with zero attached hydrogens (tertiary/aromatic N) is 1. The molecule has 1 saturated heterocycles. The van der Waals surface area contributed by atoms with Crippen molar-refractivity contribution >= 4 is 28.6 Å². The lowest BCUT2D eigenvalue weighted by molar-refractivity contribution is -0.137. The Morgan fingerprint density at radius 2 is 1.62 bits per heavy atom. The first-order valence-corrected chi connectivity index (χ1v) is 17.9. The van der Waals surface area contributed by atoms with E-state index in [-0.39, 0.29) is 23.8 Å². The lowest BCUT2D eigenvalue weighted by atomic mass is 9.89. The van der Waals surface area contributed by atoms with Crippen molar-refractivity contribution in [2.24, 2.45) is 5.73 Å². The van der Waals surface area contributed by atoms with Gasteiger partial charge in [-0.3, -0.25) is 14.4 Å². The number of hydrogen-bond donors (Lipinski definition) is 5. The van der Waals surface area contributed by atoms with E-state index in [1.807, 2.05) is 71.8 Å². The molecule has 6 N–H and O–H groups in total. The van der Waals surface area contributed by atoms with Crippen LogP contribution in [0, 0.1) is 0 Å². The third-order valence-corrected chi connectivity index (χ3v) is 9.47. The number of benzene rings is 3. The van der Waals surface area contributed by atoms with Gasteiger partial charge in [-0.25, -0.2) is 0 Å². The third-order valence-electron chi connectivity index (χ3n) is 9.47. The van der Waals surface area contributed by atoms with Crippen LogP contribution in [0.5, 0.6) is 0 Å². The molecule has 0 spiro atoms. The normalized spacial score (nSPS) is 15.4. The first kappa shape index (κ1) is 36.8. The monoisotopic (exact) mass is 680 g/mol. The highest BCUT2D eigenvalue weighted by Crippen LogP contribution is 2.28. The Morgan fingerprint density at radius 3 is 2.36 bits per heavy atom. The Kier molecular flexibility index (Phi) is 14.0. The molecule has 50 heavy (non-hydrogen) atoms. The van der Waals surface area contributed by atoms with E-state index in [4.69, 9.17) is 10.5 Å². The molecule has 2 heterocycles. The summed E-state index contributed by atoms with van der Waals surface area (Å²) in [5, 5.41) is 10.4. The number of carbonyl (C=O) groups is 3.